The fraction of sp³-hybridized carbons (Fsp3) is 0. The quantitative estimate of drug-likeness (QED) is 0.518. The molecule has 0 saturated carbocycles. The van der Waals surface area contributed by atoms with E-state index in [1.165, 1.54) is 6.20 Å². The molecule has 0 amide bonds. The maximum Gasteiger partial charge on any atom is 0.138 e. The third-order valence-corrected chi connectivity index (χ3v) is 2.11. The van der Waals surface area contributed by atoms with Crippen molar-refractivity contribution in [3.63, 3.8) is 0 Å². The Morgan fingerprint density at radius 3 is 3.08 bits per heavy atom. The number of benzene rings is 1. The van der Waals surface area contributed by atoms with Gasteiger partial charge in [0.25, 0.3) is 0 Å². The minimum Gasteiger partial charge on any atom is -0.456 e. The Balaban J connectivity index is 2.63. The molecule has 0 unspecified atom stereocenters. The van der Waals surface area contributed by atoms with Gasteiger partial charge in [-0.3, -0.25) is 4.98 Å². The number of para-hydroxylation sites is 1. The summed E-state index contributed by atoms with van der Waals surface area (Å²) in [6.45, 7) is 0. The van der Waals surface area contributed by atoms with Gasteiger partial charge in [-0.2, -0.15) is 0 Å². The Morgan fingerprint density at radius 2 is 2.08 bits per heavy atom. The lowest BCUT2D eigenvalue weighted by Gasteiger charge is -1.84. The second kappa shape index (κ2) is 2.33. The highest BCUT2D eigenvalue weighted by Gasteiger charge is 2.03. The number of hydrogen-bond acceptors (Lipinski definition) is 2. The van der Waals surface area contributed by atoms with Crippen LogP contribution >= 0.6 is 0 Å². The number of furan rings is 1. The normalized spacial score (nSPS) is 12.2. The van der Waals surface area contributed by atoms with Crippen molar-refractivity contribution in [1.29, 1.82) is 0 Å². The molecule has 2 nitrogen and oxygen atoms in total. The van der Waals surface area contributed by atoms with Gasteiger partial charge in [0.15, 0.2) is 0 Å². The van der Waals surface area contributed by atoms with Crippen LogP contribution in [0.4, 0.5) is 0 Å². The predicted octanol–water partition coefficient (Wildman–Crippen LogP) is 2.98. The molecule has 2 heterocycles. The lowest BCUT2D eigenvalue weighted by atomic mass is 10.2. The first-order valence-corrected chi connectivity index (χ1v) is 4.08. The summed E-state index contributed by atoms with van der Waals surface area (Å²) in [6, 6.07) is 8.07. The van der Waals surface area contributed by atoms with Gasteiger partial charge in [0.1, 0.15) is 11.2 Å². The molecule has 0 aliphatic rings. The molecule has 0 aliphatic carbocycles. The second-order valence-electron chi connectivity index (χ2n) is 2.89. The Bertz CT molecular complexity index is 615. The van der Waals surface area contributed by atoms with Crippen LogP contribution in [0.3, 0.4) is 0 Å². The molecule has 0 fully saturated rings. The van der Waals surface area contributed by atoms with Crippen LogP contribution in [0.2, 0.25) is 0 Å². The molecule has 0 atom stereocenters. The van der Waals surface area contributed by atoms with E-state index in [1.807, 2.05) is 24.3 Å². The van der Waals surface area contributed by atoms with Gasteiger partial charge in [-0.15, -0.1) is 0 Å². The van der Waals surface area contributed by atoms with Crippen molar-refractivity contribution < 1.29 is 5.79 Å². The Morgan fingerprint density at radius 1 is 1.15 bits per heavy atom. The molecule has 1 aromatic carbocycles. The van der Waals surface area contributed by atoms with E-state index in [1.54, 1.807) is 6.20 Å². The fourth-order valence-electron chi connectivity index (χ4n) is 1.51. The molecule has 0 aliphatic heterocycles. The summed E-state index contributed by atoms with van der Waals surface area (Å²) >= 11 is 0. The third kappa shape index (κ3) is 0.855. The molecular weight excluding hydrogens is 162 g/mol. The Hall–Kier alpha value is -1.83. The van der Waals surface area contributed by atoms with Gasteiger partial charge in [-0.25, -0.2) is 0 Å². The van der Waals surface area contributed by atoms with E-state index in [2.05, 4.69) is 4.98 Å². The average molecular weight is 170 g/mol. The van der Waals surface area contributed by atoms with Crippen LogP contribution in [0.1, 0.15) is 1.37 Å². The molecule has 62 valence electrons. The van der Waals surface area contributed by atoms with E-state index in [0.717, 1.165) is 16.4 Å². The fourth-order valence-corrected chi connectivity index (χ4v) is 1.51. The molecule has 0 bridgehead atoms. The van der Waals surface area contributed by atoms with Crippen molar-refractivity contribution in [1.82, 2.24) is 4.98 Å². The van der Waals surface area contributed by atoms with E-state index in [4.69, 9.17) is 5.79 Å². The van der Waals surface area contributed by atoms with Crippen molar-refractivity contribution in [2.75, 3.05) is 0 Å². The number of aromatic nitrogens is 1. The zero-order valence-electron chi connectivity index (χ0n) is 7.82. The topological polar surface area (TPSA) is 26.0 Å². The van der Waals surface area contributed by atoms with Crippen molar-refractivity contribution >= 4 is 21.9 Å². The number of nitrogens with zero attached hydrogens (tertiary/aromatic N) is 1. The largest absolute Gasteiger partial charge is 0.456 e. The smallest absolute Gasteiger partial charge is 0.138 e. The van der Waals surface area contributed by atoms with Crippen LogP contribution in [-0.4, -0.2) is 4.98 Å². The molecule has 3 aromatic rings. The Kier molecular flexibility index (Phi) is 1.03. The molecule has 0 N–H and O–H groups in total. The number of pyridine rings is 1. The summed E-state index contributed by atoms with van der Waals surface area (Å²) in [4.78, 5) is 3.99. The maximum absolute atomic E-state index is 7.64. The molecule has 2 aromatic heterocycles. The SMILES string of the molecule is [2H]c1cncc2c1oc1ccccc12. The second-order valence-corrected chi connectivity index (χ2v) is 2.89. The lowest BCUT2D eigenvalue weighted by molar-refractivity contribution is 0.668. The van der Waals surface area contributed by atoms with Gasteiger partial charge in [0.2, 0.25) is 0 Å². The molecule has 0 radical (unpaired) electrons. The summed E-state index contributed by atoms with van der Waals surface area (Å²) in [5, 5.41) is 1.93. The summed E-state index contributed by atoms with van der Waals surface area (Å²) in [7, 11) is 0. The van der Waals surface area contributed by atoms with E-state index < -0.39 is 0 Å². The summed E-state index contributed by atoms with van der Waals surface area (Å²) in [6.07, 6.45) is 3.23. The van der Waals surface area contributed by atoms with Crippen molar-refractivity contribution in [3.8, 4) is 0 Å². The van der Waals surface area contributed by atoms with Crippen LogP contribution in [0.5, 0.6) is 0 Å². The summed E-state index contributed by atoms with van der Waals surface area (Å²) in [5.74, 6) is 0. The highest BCUT2D eigenvalue weighted by molar-refractivity contribution is 6.04. The highest BCUT2D eigenvalue weighted by atomic mass is 16.3. The molecule has 13 heavy (non-hydrogen) atoms. The van der Waals surface area contributed by atoms with Crippen molar-refractivity contribution in [2.24, 2.45) is 0 Å². The monoisotopic (exact) mass is 170 g/mol. The van der Waals surface area contributed by atoms with Crippen LogP contribution in [0.25, 0.3) is 21.9 Å². The van der Waals surface area contributed by atoms with E-state index in [9.17, 15) is 0 Å². The zero-order valence-corrected chi connectivity index (χ0v) is 6.82. The van der Waals surface area contributed by atoms with Crippen LogP contribution in [-0.2, 0) is 0 Å². The maximum atomic E-state index is 7.64. The van der Waals surface area contributed by atoms with Crippen LogP contribution in [0, 0.1) is 0 Å². The van der Waals surface area contributed by atoms with Crippen LogP contribution in [0.15, 0.2) is 47.1 Å². The minimum atomic E-state index is 0.332. The Labute approximate surface area is 76.2 Å². The number of rotatable bonds is 0. The van der Waals surface area contributed by atoms with Gasteiger partial charge >= 0.3 is 0 Å². The summed E-state index contributed by atoms with van der Waals surface area (Å²) in [5.41, 5.74) is 1.42. The standard InChI is InChI=1S/C11H7NO/c1-2-4-10-8(3-1)9-7-12-6-5-11(9)13-10/h1-7H/i5D. The molecule has 3 rings (SSSR count). The first-order valence-electron chi connectivity index (χ1n) is 4.58. The van der Waals surface area contributed by atoms with Gasteiger partial charge in [0.05, 0.1) is 1.37 Å². The molecule has 2 heteroatoms. The molecule has 0 saturated heterocycles. The van der Waals surface area contributed by atoms with Crippen molar-refractivity contribution in [3.05, 3.63) is 42.7 Å². The molecular formula is C11H7NO. The van der Waals surface area contributed by atoms with Gasteiger partial charge in [-0.05, 0) is 12.1 Å². The van der Waals surface area contributed by atoms with Crippen molar-refractivity contribution in [2.45, 2.75) is 0 Å². The van der Waals surface area contributed by atoms with E-state index in [-0.39, 0.29) is 0 Å². The van der Waals surface area contributed by atoms with E-state index in [0.29, 0.717) is 11.6 Å². The number of fused-ring (bicyclic) bond motifs is 3. The van der Waals surface area contributed by atoms with Gasteiger partial charge in [0, 0.05) is 23.2 Å². The molecule has 0 spiro atoms. The van der Waals surface area contributed by atoms with Crippen LogP contribution < -0.4 is 0 Å². The zero-order chi connectivity index (χ0) is 9.54. The summed E-state index contributed by atoms with van der Waals surface area (Å²) < 4.78 is 13.2. The predicted molar refractivity (Wildman–Crippen MR) is 51.5 cm³/mol. The first kappa shape index (κ1) is 5.75. The highest BCUT2D eigenvalue weighted by Crippen LogP contribution is 2.26. The lowest BCUT2D eigenvalue weighted by Crippen LogP contribution is -1.67. The first-order chi connectivity index (χ1) is 6.86. The van der Waals surface area contributed by atoms with Gasteiger partial charge in [-0.1, -0.05) is 18.2 Å². The third-order valence-electron chi connectivity index (χ3n) is 2.11. The van der Waals surface area contributed by atoms with Gasteiger partial charge < -0.3 is 4.42 Å². The van der Waals surface area contributed by atoms with E-state index >= 15 is 0 Å². The average Bonchev–Trinajstić information content (AvgIpc) is 2.59. The number of hydrogen-bond donors (Lipinski definition) is 0. The minimum absolute atomic E-state index is 0.332.